The number of nitrogens with two attached hydrogens (primary N) is 1. The smallest absolute Gasteiger partial charge is 0.319 e. The fraction of sp³-hybridized carbons (Fsp3) is 0.867. The highest BCUT2D eigenvalue weighted by molar-refractivity contribution is 5.79. The fourth-order valence-corrected chi connectivity index (χ4v) is 3.42. The van der Waals surface area contributed by atoms with Crippen LogP contribution in [0.3, 0.4) is 0 Å². The maximum Gasteiger partial charge on any atom is 0.319 e. The second-order valence-corrected chi connectivity index (χ2v) is 6.06. The molecule has 2 fully saturated rings. The molecule has 1 aliphatic carbocycles. The molecule has 0 bridgehead atoms. The number of hydrogen-bond acceptors (Lipinski definition) is 5. The van der Waals surface area contributed by atoms with Crippen LogP contribution in [0, 0.1) is 11.8 Å². The molecular formula is C15H27N3O3. The Kier molecular flexibility index (Phi) is 5.99. The molecule has 0 radical (unpaired) electrons. The molecule has 0 aromatic carbocycles. The minimum Gasteiger partial charge on any atom is -0.468 e. The molecule has 0 aromatic rings. The highest BCUT2D eigenvalue weighted by Crippen LogP contribution is 2.31. The van der Waals surface area contributed by atoms with Crippen molar-refractivity contribution in [1.82, 2.24) is 9.80 Å². The minimum atomic E-state index is -0.217. The summed E-state index contributed by atoms with van der Waals surface area (Å²) in [6.45, 7) is 3.79. The van der Waals surface area contributed by atoms with E-state index in [1.54, 1.807) is 0 Å². The van der Waals surface area contributed by atoms with E-state index in [1.165, 1.54) is 13.5 Å². The van der Waals surface area contributed by atoms with Gasteiger partial charge in [-0.3, -0.25) is 14.5 Å². The number of carbonyl (C=O) groups is 2. The van der Waals surface area contributed by atoms with Crippen LogP contribution in [-0.2, 0) is 14.3 Å². The normalized spacial score (nSPS) is 27.4. The Morgan fingerprint density at radius 3 is 2.43 bits per heavy atom. The molecule has 1 saturated heterocycles. The van der Waals surface area contributed by atoms with Crippen molar-refractivity contribution in [1.29, 1.82) is 0 Å². The molecule has 2 aliphatic rings. The summed E-state index contributed by atoms with van der Waals surface area (Å²) in [5, 5.41) is 0. The third-order valence-electron chi connectivity index (χ3n) is 4.79. The third kappa shape index (κ3) is 4.17. The molecule has 120 valence electrons. The second-order valence-electron chi connectivity index (χ2n) is 6.06. The Bertz CT molecular complexity index is 367. The Morgan fingerprint density at radius 1 is 1.14 bits per heavy atom. The first kappa shape index (κ1) is 16.2. The van der Waals surface area contributed by atoms with E-state index < -0.39 is 0 Å². The molecule has 21 heavy (non-hydrogen) atoms. The van der Waals surface area contributed by atoms with Crippen LogP contribution in [0.15, 0.2) is 0 Å². The average Bonchev–Trinajstić information content (AvgIpc) is 2.54. The van der Waals surface area contributed by atoms with Gasteiger partial charge in [0, 0.05) is 32.1 Å². The van der Waals surface area contributed by atoms with Crippen LogP contribution in [0.2, 0.25) is 0 Å². The zero-order chi connectivity index (χ0) is 15.2. The van der Waals surface area contributed by atoms with Gasteiger partial charge in [-0.1, -0.05) is 12.8 Å². The standard InChI is InChI=1S/C15H27N3O3/c1-21-14(19)11-17-6-8-18(9-7-17)15(20)13-5-3-2-4-12(13)10-16/h12-13H,2-11,16H2,1H3. The van der Waals surface area contributed by atoms with Gasteiger partial charge < -0.3 is 15.4 Å². The topological polar surface area (TPSA) is 75.9 Å². The zero-order valence-electron chi connectivity index (χ0n) is 12.9. The number of ether oxygens (including phenoxy) is 1. The number of rotatable bonds is 4. The summed E-state index contributed by atoms with van der Waals surface area (Å²) >= 11 is 0. The second kappa shape index (κ2) is 7.75. The molecule has 1 aliphatic heterocycles. The van der Waals surface area contributed by atoms with Crippen LogP contribution < -0.4 is 5.73 Å². The highest BCUT2D eigenvalue weighted by atomic mass is 16.5. The number of nitrogens with zero attached hydrogens (tertiary/aromatic N) is 2. The van der Waals surface area contributed by atoms with Gasteiger partial charge in [0.05, 0.1) is 13.7 Å². The monoisotopic (exact) mass is 297 g/mol. The van der Waals surface area contributed by atoms with Crippen LogP contribution in [0.5, 0.6) is 0 Å². The van der Waals surface area contributed by atoms with Gasteiger partial charge in [0.2, 0.25) is 5.91 Å². The van der Waals surface area contributed by atoms with E-state index >= 15 is 0 Å². The van der Waals surface area contributed by atoms with Gasteiger partial charge in [-0.15, -0.1) is 0 Å². The van der Waals surface area contributed by atoms with Crippen LogP contribution in [0.4, 0.5) is 0 Å². The minimum absolute atomic E-state index is 0.107. The van der Waals surface area contributed by atoms with Gasteiger partial charge in [-0.25, -0.2) is 0 Å². The van der Waals surface area contributed by atoms with Crippen molar-refractivity contribution < 1.29 is 14.3 Å². The summed E-state index contributed by atoms with van der Waals surface area (Å²) in [6, 6.07) is 0. The van der Waals surface area contributed by atoms with Gasteiger partial charge in [0.1, 0.15) is 0 Å². The Hall–Kier alpha value is -1.14. The van der Waals surface area contributed by atoms with Crippen molar-refractivity contribution in [3.05, 3.63) is 0 Å². The van der Waals surface area contributed by atoms with E-state index in [4.69, 9.17) is 5.73 Å². The predicted molar refractivity (Wildman–Crippen MR) is 79.5 cm³/mol. The first-order valence-corrected chi connectivity index (χ1v) is 7.93. The van der Waals surface area contributed by atoms with Crippen molar-refractivity contribution in [3.8, 4) is 0 Å². The molecule has 0 spiro atoms. The maximum atomic E-state index is 12.7. The number of piperazine rings is 1. The summed E-state index contributed by atoms with van der Waals surface area (Å²) in [5.74, 6) is 0.503. The summed E-state index contributed by atoms with van der Waals surface area (Å²) < 4.78 is 4.68. The van der Waals surface area contributed by atoms with Crippen molar-refractivity contribution >= 4 is 11.9 Å². The molecule has 6 nitrogen and oxygen atoms in total. The highest BCUT2D eigenvalue weighted by Gasteiger charge is 2.34. The molecule has 2 unspecified atom stereocenters. The number of esters is 1. The van der Waals surface area contributed by atoms with E-state index in [1.807, 2.05) is 9.80 Å². The number of carbonyl (C=O) groups excluding carboxylic acids is 2. The molecule has 2 N–H and O–H groups in total. The van der Waals surface area contributed by atoms with Crippen LogP contribution in [-0.4, -0.2) is 68.1 Å². The Balaban J connectivity index is 1.83. The van der Waals surface area contributed by atoms with Crippen molar-refractivity contribution in [2.45, 2.75) is 25.7 Å². The van der Waals surface area contributed by atoms with E-state index in [-0.39, 0.29) is 17.8 Å². The van der Waals surface area contributed by atoms with Gasteiger partial charge in [0.25, 0.3) is 0 Å². The predicted octanol–water partition coefficient (Wildman–Crippen LogP) is 0.0687. The lowest BCUT2D eigenvalue weighted by Crippen LogP contribution is -2.52. The quantitative estimate of drug-likeness (QED) is 0.743. The summed E-state index contributed by atoms with van der Waals surface area (Å²) in [6.07, 6.45) is 4.38. The molecule has 2 atom stereocenters. The van der Waals surface area contributed by atoms with Gasteiger partial charge >= 0.3 is 5.97 Å². The molecular weight excluding hydrogens is 270 g/mol. The summed E-state index contributed by atoms with van der Waals surface area (Å²) in [4.78, 5) is 27.9. The largest absolute Gasteiger partial charge is 0.468 e. The molecule has 1 saturated carbocycles. The number of amides is 1. The maximum absolute atomic E-state index is 12.7. The van der Waals surface area contributed by atoms with Crippen LogP contribution >= 0.6 is 0 Å². The number of hydrogen-bond donors (Lipinski definition) is 1. The SMILES string of the molecule is COC(=O)CN1CCN(C(=O)C2CCCCC2CN)CC1. The third-order valence-corrected chi connectivity index (χ3v) is 4.79. The lowest BCUT2D eigenvalue weighted by atomic mass is 9.78. The van der Waals surface area contributed by atoms with E-state index in [9.17, 15) is 9.59 Å². The molecule has 1 heterocycles. The summed E-state index contributed by atoms with van der Waals surface area (Å²) in [5.41, 5.74) is 5.82. The van der Waals surface area contributed by atoms with E-state index in [2.05, 4.69) is 4.74 Å². The molecule has 6 heteroatoms. The van der Waals surface area contributed by atoms with Crippen LogP contribution in [0.1, 0.15) is 25.7 Å². The Labute approximate surface area is 126 Å². The van der Waals surface area contributed by atoms with Crippen molar-refractivity contribution in [2.75, 3.05) is 46.4 Å². The lowest BCUT2D eigenvalue weighted by Gasteiger charge is -2.38. The van der Waals surface area contributed by atoms with Crippen molar-refractivity contribution in [3.63, 3.8) is 0 Å². The van der Waals surface area contributed by atoms with Gasteiger partial charge in [-0.2, -0.15) is 0 Å². The molecule has 0 aromatic heterocycles. The van der Waals surface area contributed by atoms with Gasteiger partial charge in [-0.05, 0) is 25.3 Å². The first-order chi connectivity index (χ1) is 10.2. The summed E-state index contributed by atoms with van der Waals surface area (Å²) in [7, 11) is 1.40. The average molecular weight is 297 g/mol. The number of methoxy groups -OCH3 is 1. The first-order valence-electron chi connectivity index (χ1n) is 7.93. The Morgan fingerprint density at radius 2 is 1.81 bits per heavy atom. The molecule has 2 rings (SSSR count). The van der Waals surface area contributed by atoms with E-state index in [0.717, 1.165) is 32.4 Å². The molecule has 1 amide bonds. The fourth-order valence-electron chi connectivity index (χ4n) is 3.42. The van der Waals surface area contributed by atoms with Gasteiger partial charge in [0.15, 0.2) is 0 Å². The zero-order valence-corrected chi connectivity index (χ0v) is 12.9. The van der Waals surface area contributed by atoms with Crippen molar-refractivity contribution in [2.24, 2.45) is 17.6 Å². The van der Waals surface area contributed by atoms with Crippen LogP contribution in [0.25, 0.3) is 0 Å². The van der Waals surface area contributed by atoms with E-state index in [0.29, 0.717) is 32.1 Å². The lowest BCUT2D eigenvalue weighted by molar-refractivity contribution is -0.144.